The molecule has 0 aromatic rings. The highest BCUT2D eigenvalue weighted by Gasteiger charge is 2.38. The summed E-state index contributed by atoms with van der Waals surface area (Å²) in [6.45, 7) is 3.95. The van der Waals surface area contributed by atoms with Crippen molar-refractivity contribution in [2.75, 3.05) is 13.1 Å². The lowest BCUT2D eigenvalue weighted by molar-refractivity contribution is 0.163. The number of aliphatic hydroxyl groups is 1. The largest absolute Gasteiger partial charge is 0.392 e. The first kappa shape index (κ1) is 10.4. The smallest absolute Gasteiger partial charge is 0.0662 e. The molecular formula is C12H23NO. The number of hydrogen-bond acceptors (Lipinski definition) is 2. The van der Waals surface area contributed by atoms with E-state index in [4.69, 9.17) is 0 Å². The van der Waals surface area contributed by atoms with Gasteiger partial charge < -0.3 is 10.4 Å². The highest BCUT2D eigenvalue weighted by atomic mass is 16.3. The quantitative estimate of drug-likeness (QED) is 0.704. The second-order valence-corrected chi connectivity index (χ2v) is 5.16. The van der Waals surface area contributed by atoms with Crippen molar-refractivity contribution < 1.29 is 5.11 Å². The third-order valence-corrected chi connectivity index (χ3v) is 4.14. The maximum Gasteiger partial charge on any atom is 0.0662 e. The van der Waals surface area contributed by atoms with Crippen LogP contribution in [0.3, 0.4) is 0 Å². The van der Waals surface area contributed by atoms with Crippen LogP contribution in [0.15, 0.2) is 0 Å². The molecule has 2 aliphatic carbocycles. The fourth-order valence-corrected chi connectivity index (χ4v) is 3.21. The third-order valence-electron chi connectivity index (χ3n) is 4.14. The molecule has 2 fully saturated rings. The van der Waals surface area contributed by atoms with Crippen molar-refractivity contribution >= 4 is 0 Å². The van der Waals surface area contributed by atoms with E-state index >= 15 is 0 Å². The van der Waals surface area contributed by atoms with Gasteiger partial charge in [0.1, 0.15) is 0 Å². The Balaban J connectivity index is 1.62. The zero-order chi connectivity index (χ0) is 9.97. The van der Waals surface area contributed by atoms with Crippen LogP contribution in [-0.2, 0) is 0 Å². The highest BCUT2D eigenvalue weighted by Crippen LogP contribution is 2.47. The molecule has 2 saturated carbocycles. The first-order valence-corrected chi connectivity index (χ1v) is 6.18. The zero-order valence-electron chi connectivity index (χ0n) is 9.21. The summed E-state index contributed by atoms with van der Waals surface area (Å²) in [4.78, 5) is 0. The lowest BCUT2D eigenvalue weighted by atomic mass is 9.89. The molecule has 0 aliphatic heterocycles. The van der Waals surface area contributed by atoms with Crippen LogP contribution >= 0.6 is 0 Å². The fourth-order valence-electron chi connectivity index (χ4n) is 3.21. The normalized spacial score (nSPS) is 37.7. The van der Waals surface area contributed by atoms with E-state index in [-0.39, 0.29) is 6.10 Å². The van der Waals surface area contributed by atoms with Gasteiger partial charge in [-0.3, -0.25) is 0 Å². The van der Waals surface area contributed by atoms with Crippen LogP contribution in [-0.4, -0.2) is 24.3 Å². The van der Waals surface area contributed by atoms with Gasteiger partial charge >= 0.3 is 0 Å². The van der Waals surface area contributed by atoms with Gasteiger partial charge in [0.15, 0.2) is 0 Å². The summed E-state index contributed by atoms with van der Waals surface area (Å²) in [7, 11) is 0. The van der Waals surface area contributed by atoms with Crippen molar-refractivity contribution in [1.82, 2.24) is 5.32 Å². The number of hydrogen-bond donors (Lipinski definition) is 2. The molecule has 2 N–H and O–H groups in total. The molecule has 82 valence electrons. The molecule has 0 spiro atoms. The van der Waals surface area contributed by atoms with Gasteiger partial charge in [0.2, 0.25) is 0 Å². The molecule has 0 amide bonds. The summed E-state index contributed by atoms with van der Waals surface area (Å²) in [6.07, 6.45) is 6.60. The Kier molecular flexibility index (Phi) is 3.45. The predicted octanol–water partition coefficient (Wildman–Crippen LogP) is 1.78. The number of fused-ring (bicyclic) bond motifs is 2. The van der Waals surface area contributed by atoms with Gasteiger partial charge in [-0.25, -0.2) is 0 Å². The molecule has 4 atom stereocenters. The Morgan fingerprint density at radius 1 is 1.36 bits per heavy atom. The van der Waals surface area contributed by atoms with Crippen molar-refractivity contribution in [1.29, 1.82) is 0 Å². The van der Waals surface area contributed by atoms with E-state index in [1.807, 2.05) is 6.92 Å². The highest BCUT2D eigenvalue weighted by molar-refractivity contribution is 4.90. The number of aliphatic hydroxyl groups excluding tert-OH is 1. The molecule has 2 heteroatoms. The van der Waals surface area contributed by atoms with Crippen LogP contribution < -0.4 is 5.32 Å². The Bertz CT molecular complexity index is 183. The SMILES string of the molecule is CCC(O)CNCC1CC2CCC1C2. The van der Waals surface area contributed by atoms with E-state index in [1.165, 1.54) is 25.7 Å². The topological polar surface area (TPSA) is 32.3 Å². The van der Waals surface area contributed by atoms with Gasteiger partial charge in [-0.15, -0.1) is 0 Å². The van der Waals surface area contributed by atoms with E-state index < -0.39 is 0 Å². The summed E-state index contributed by atoms with van der Waals surface area (Å²) in [5.74, 6) is 2.96. The minimum Gasteiger partial charge on any atom is -0.392 e. The summed E-state index contributed by atoms with van der Waals surface area (Å²) in [5.41, 5.74) is 0. The summed E-state index contributed by atoms with van der Waals surface area (Å²) in [6, 6.07) is 0. The molecule has 2 aliphatic rings. The first-order valence-electron chi connectivity index (χ1n) is 6.18. The average Bonchev–Trinajstić information content (AvgIpc) is 2.79. The van der Waals surface area contributed by atoms with Crippen LogP contribution in [0.25, 0.3) is 0 Å². The van der Waals surface area contributed by atoms with Gasteiger partial charge in [-0.2, -0.15) is 0 Å². The standard InChI is InChI=1S/C12H23NO/c1-2-12(14)8-13-7-11-6-9-3-4-10(11)5-9/h9-14H,2-8H2,1H3. The van der Waals surface area contributed by atoms with Gasteiger partial charge in [0.05, 0.1) is 6.10 Å². The van der Waals surface area contributed by atoms with Gasteiger partial charge in [0.25, 0.3) is 0 Å². The van der Waals surface area contributed by atoms with Gasteiger partial charge in [0, 0.05) is 6.54 Å². The second kappa shape index (κ2) is 4.63. The van der Waals surface area contributed by atoms with E-state index in [2.05, 4.69) is 5.32 Å². The maximum atomic E-state index is 9.40. The molecule has 0 saturated heterocycles. The maximum absolute atomic E-state index is 9.40. The van der Waals surface area contributed by atoms with Gasteiger partial charge in [-0.1, -0.05) is 13.3 Å². The molecule has 0 aromatic heterocycles. The Morgan fingerprint density at radius 2 is 2.21 bits per heavy atom. The molecule has 14 heavy (non-hydrogen) atoms. The van der Waals surface area contributed by atoms with Crippen molar-refractivity contribution in [3.05, 3.63) is 0 Å². The Morgan fingerprint density at radius 3 is 2.79 bits per heavy atom. The van der Waals surface area contributed by atoms with Crippen LogP contribution in [0.4, 0.5) is 0 Å². The molecule has 2 nitrogen and oxygen atoms in total. The van der Waals surface area contributed by atoms with Crippen LogP contribution in [0.5, 0.6) is 0 Å². The lowest BCUT2D eigenvalue weighted by Gasteiger charge is -2.22. The zero-order valence-corrected chi connectivity index (χ0v) is 9.21. The predicted molar refractivity (Wildman–Crippen MR) is 58.1 cm³/mol. The first-order chi connectivity index (χ1) is 6.79. The molecule has 0 heterocycles. The number of nitrogens with one attached hydrogen (secondary N) is 1. The Hall–Kier alpha value is -0.0800. The molecule has 0 radical (unpaired) electrons. The summed E-state index contributed by atoms with van der Waals surface area (Å²) in [5, 5.41) is 12.8. The van der Waals surface area contributed by atoms with Crippen molar-refractivity contribution in [3.8, 4) is 0 Å². The van der Waals surface area contributed by atoms with Crippen molar-refractivity contribution in [2.24, 2.45) is 17.8 Å². The average molecular weight is 197 g/mol. The van der Waals surface area contributed by atoms with E-state index in [0.29, 0.717) is 0 Å². The van der Waals surface area contributed by atoms with E-state index in [1.54, 1.807) is 0 Å². The van der Waals surface area contributed by atoms with Crippen LogP contribution in [0.2, 0.25) is 0 Å². The minimum absolute atomic E-state index is 0.145. The molecule has 2 bridgehead atoms. The lowest BCUT2D eigenvalue weighted by Crippen LogP contribution is -2.32. The second-order valence-electron chi connectivity index (χ2n) is 5.16. The van der Waals surface area contributed by atoms with E-state index in [0.717, 1.165) is 37.3 Å². The van der Waals surface area contributed by atoms with Gasteiger partial charge in [-0.05, 0) is 50.0 Å². The minimum atomic E-state index is -0.145. The van der Waals surface area contributed by atoms with E-state index in [9.17, 15) is 5.11 Å². The molecule has 0 aromatic carbocycles. The van der Waals surface area contributed by atoms with Crippen molar-refractivity contribution in [2.45, 2.75) is 45.1 Å². The summed E-state index contributed by atoms with van der Waals surface area (Å²) >= 11 is 0. The number of rotatable bonds is 5. The van der Waals surface area contributed by atoms with Crippen molar-refractivity contribution in [3.63, 3.8) is 0 Å². The van der Waals surface area contributed by atoms with Crippen LogP contribution in [0, 0.1) is 17.8 Å². The Labute approximate surface area is 87.1 Å². The molecule has 2 rings (SSSR count). The molecule has 4 unspecified atom stereocenters. The van der Waals surface area contributed by atoms with Crippen LogP contribution in [0.1, 0.15) is 39.0 Å². The summed E-state index contributed by atoms with van der Waals surface area (Å²) < 4.78 is 0. The third kappa shape index (κ3) is 2.29. The monoisotopic (exact) mass is 197 g/mol. The fraction of sp³-hybridized carbons (Fsp3) is 1.00. The molecular weight excluding hydrogens is 174 g/mol.